The zero-order chi connectivity index (χ0) is 14.0. The molecule has 0 aliphatic rings. The van der Waals surface area contributed by atoms with Crippen molar-refractivity contribution in [3.63, 3.8) is 0 Å². The van der Waals surface area contributed by atoms with E-state index in [4.69, 9.17) is 5.84 Å². The lowest BCUT2D eigenvalue weighted by Gasteiger charge is -2.15. The molecule has 1 atom stereocenters. The molecule has 19 heavy (non-hydrogen) atoms. The predicted molar refractivity (Wildman–Crippen MR) is 87.6 cm³/mol. The van der Waals surface area contributed by atoms with E-state index in [-0.39, 0.29) is 11.9 Å². The van der Waals surface area contributed by atoms with Gasteiger partial charge < -0.3 is 0 Å². The summed E-state index contributed by atoms with van der Waals surface area (Å²) in [4.78, 5) is 0. The molecule has 0 amide bonds. The van der Waals surface area contributed by atoms with Gasteiger partial charge in [-0.1, -0.05) is 6.07 Å². The molecule has 1 unspecified atom stereocenters. The number of hydrogen-bond acceptors (Lipinski definition) is 3. The Kier molecular flexibility index (Phi) is 5.56. The minimum absolute atomic E-state index is 0.0331. The van der Waals surface area contributed by atoms with Crippen molar-refractivity contribution < 1.29 is 4.39 Å². The maximum Gasteiger partial charge on any atom is 0.137 e. The van der Waals surface area contributed by atoms with E-state index in [1.54, 1.807) is 23.5 Å². The first-order valence-corrected chi connectivity index (χ1v) is 8.55. The van der Waals surface area contributed by atoms with E-state index in [1.165, 1.54) is 6.07 Å². The van der Waals surface area contributed by atoms with Crippen LogP contribution in [0.2, 0.25) is 0 Å². The van der Waals surface area contributed by atoms with Crippen molar-refractivity contribution in [2.24, 2.45) is 5.84 Å². The van der Waals surface area contributed by atoms with Gasteiger partial charge in [-0.25, -0.2) is 4.39 Å². The van der Waals surface area contributed by atoms with E-state index in [2.05, 4.69) is 53.2 Å². The largest absolute Gasteiger partial charge is 0.271 e. The van der Waals surface area contributed by atoms with Gasteiger partial charge in [0.05, 0.1) is 18.1 Å². The molecule has 1 heterocycles. The average Bonchev–Trinajstić information content (AvgIpc) is 2.70. The number of rotatable bonds is 4. The SMILES string of the molecule is NNC(Cc1ccc(F)c(Br)c1)c1cc(Br)sc1Br. The normalized spacial score (nSPS) is 12.7. The molecule has 2 nitrogen and oxygen atoms in total. The van der Waals surface area contributed by atoms with Crippen LogP contribution in [-0.4, -0.2) is 0 Å². The number of nitrogens with one attached hydrogen (secondary N) is 1. The van der Waals surface area contributed by atoms with Gasteiger partial charge in [0.25, 0.3) is 0 Å². The summed E-state index contributed by atoms with van der Waals surface area (Å²) in [6, 6.07) is 6.98. The van der Waals surface area contributed by atoms with Crippen molar-refractivity contribution in [2.75, 3.05) is 0 Å². The van der Waals surface area contributed by atoms with Crippen LogP contribution in [0.1, 0.15) is 17.2 Å². The number of nitrogens with two attached hydrogens (primary N) is 1. The lowest BCUT2D eigenvalue weighted by atomic mass is 10.0. The van der Waals surface area contributed by atoms with E-state index in [0.717, 1.165) is 18.7 Å². The van der Waals surface area contributed by atoms with Gasteiger partial charge in [0.2, 0.25) is 0 Å². The summed E-state index contributed by atoms with van der Waals surface area (Å²) < 4.78 is 15.7. The van der Waals surface area contributed by atoms with E-state index in [0.29, 0.717) is 10.9 Å². The quantitative estimate of drug-likeness (QED) is 0.489. The van der Waals surface area contributed by atoms with E-state index >= 15 is 0 Å². The van der Waals surface area contributed by atoms with Crippen LogP contribution in [0.15, 0.2) is 36.3 Å². The van der Waals surface area contributed by atoms with Crippen molar-refractivity contribution in [3.8, 4) is 0 Å². The van der Waals surface area contributed by atoms with Gasteiger partial charge in [0.15, 0.2) is 0 Å². The Labute approximate surface area is 139 Å². The van der Waals surface area contributed by atoms with Gasteiger partial charge in [0.1, 0.15) is 5.82 Å². The Balaban J connectivity index is 2.23. The average molecular weight is 473 g/mol. The smallest absolute Gasteiger partial charge is 0.137 e. The molecule has 0 fully saturated rings. The third-order valence-corrected chi connectivity index (χ3v) is 5.68. The molecule has 0 saturated heterocycles. The summed E-state index contributed by atoms with van der Waals surface area (Å²) in [5.74, 6) is 5.37. The second-order valence-electron chi connectivity index (χ2n) is 3.95. The first-order valence-electron chi connectivity index (χ1n) is 5.36. The van der Waals surface area contributed by atoms with Crippen molar-refractivity contribution >= 4 is 59.1 Å². The highest BCUT2D eigenvalue weighted by atomic mass is 79.9. The number of benzene rings is 1. The van der Waals surface area contributed by atoms with Crippen molar-refractivity contribution in [1.82, 2.24) is 5.43 Å². The first-order chi connectivity index (χ1) is 9.01. The summed E-state index contributed by atoms with van der Waals surface area (Å²) in [6.07, 6.45) is 0.678. The zero-order valence-electron chi connectivity index (χ0n) is 9.59. The van der Waals surface area contributed by atoms with Crippen LogP contribution in [0.4, 0.5) is 4.39 Å². The lowest BCUT2D eigenvalue weighted by molar-refractivity contribution is 0.550. The van der Waals surface area contributed by atoms with Gasteiger partial charge in [-0.2, -0.15) is 0 Å². The maximum absolute atomic E-state index is 13.2. The van der Waals surface area contributed by atoms with Crippen molar-refractivity contribution in [2.45, 2.75) is 12.5 Å². The molecule has 0 aliphatic heterocycles. The molecule has 0 bridgehead atoms. The second-order valence-corrected chi connectivity index (χ2v) is 8.56. The summed E-state index contributed by atoms with van der Waals surface area (Å²) in [5, 5.41) is 0. The number of halogens is 4. The predicted octanol–water partition coefficient (Wildman–Crippen LogP) is 4.92. The number of thiophene rings is 1. The molecular weight excluding hydrogens is 463 g/mol. The summed E-state index contributed by atoms with van der Waals surface area (Å²) >= 11 is 11.8. The van der Waals surface area contributed by atoms with Crippen LogP contribution in [0.3, 0.4) is 0 Å². The molecule has 102 valence electrons. The Morgan fingerprint density at radius 2 is 2.00 bits per heavy atom. The summed E-state index contributed by atoms with van der Waals surface area (Å²) in [7, 11) is 0. The van der Waals surface area contributed by atoms with E-state index < -0.39 is 0 Å². The highest BCUT2D eigenvalue weighted by Crippen LogP contribution is 2.36. The minimum Gasteiger partial charge on any atom is -0.271 e. The highest BCUT2D eigenvalue weighted by Gasteiger charge is 2.17. The Hall–Kier alpha value is 0.210. The molecule has 1 aromatic carbocycles. The van der Waals surface area contributed by atoms with E-state index in [9.17, 15) is 4.39 Å². The van der Waals surface area contributed by atoms with Gasteiger partial charge in [-0.05, 0) is 83.5 Å². The van der Waals surface area contributed by atoms with Crippen LogP contribution >= 0.6 is 59.1 Å². The van der Waals surface area contributed by atoms with Crippen LogP contribution in [0.25, 0.3) is 0 Å². The Morgan fingerprint density at radius 1 is 1.26 bits per heavy atom. The zero-order valence-corrected chi connectivity index (χ0v) is 15.2. The highest BCUT2D eigenvalue weighted by molar-refractivity contribution is 9.12. The topological polar surface area (TPSA) is 38.0 Å². The Bertz CT molecular complexity index is 588. The van der Waals surface area contributed by atoms with Gasteiger partial charge in [0, 0.05) is 0 Å². The van der Waals surface area contributed by atoms with Gasteiger partial charge >= 0.3 is 0 Å². The number of hydrogen-bond donors (Lipinski definition) is 2. The van der Waals surface area contributed by atoms with Crippen LogP contribution in [0, 0.1) is 5.82 Å². The third kappa shape index (κ3) is 3.86. The molecule has 3 N–H and O–H groups in total. The molecule has 2 aromatic rings. The van der Waals surface area contributed by atoms with Crippen LogP contribution in [0.5, 0.6) is 0 Å². The standard InChI is InChI=1S/C12H10Br3FN2S/c13-8-3-6(1-2-9(8)16)4-10(18-17)7-5-11(14)19-12(7)15/h1-3,5,10,18H,4,17H2. The minimum atomic E-state index is -0.263. The third-order valence-electron chi connectivity index (χ3n) is 2.68. The first kappa shape index (κ1) is 15.6. The number of hydrazine groups is 1. The second kappa shape index (κ2) is 6.78. The molecule has 0 spiro atoms. The van der Waals surface area contributed by atoms with Gasteiger partial charge in [-0.15, -0.1) is 11.3 Å². The molecular formula is C12H10Br3FN2S. The fraction of sp³-hybridized carbons (Fsp3) is 0.167. The summed E-state index contributed by atoms with van der Waals surface area (Å²) in [5.41, 5.74) is 4.89. The fourth-order valence-corrected chi connectivity index (χ4v) is 5.15. The maximum atomic E-state index is 13.2. The van der Waals surface area contributed by atoms with Gasteiger partial charge in [-0.3, -0.25) is 11.3 Å². The molecule has 0 saturated carbocycles. The van der Waals surface area contributed by atoms with Crippen LogP contribution in [-0.2, 0) is 6.42 Å². The van der Waals surface area contributed by atoms with Crippen LogP contribution < -0.4 is 11.3 Å². The fourth-order valence-electron chi connectivity index (χ4n) is 1.75. The molecule has 2 rings (SSSR count). The van der Waals surface area contributed by atoms with Crippen molar-refractivity contribution in [1.29, 1.82) is 0 Å². The lowest BCUT2D eigenvalue weighted by Crippen LogP contribution is -2.29. The molecule has 7 heteroatoms. The van der Waals surface area contributed by atoms with E-state index in [1.807, 2.05) is 6.07 Å². The molecule has 0 radical (unpaired) electrons. The molecule has 0 aliphatic carbocycles. The molecule has 1 aromatic heterocycles. The monoisotopic (exact) mass is 470 g/mol. The van der Waals surface area contributed by atoms with Crippen molar-refractivity contribution in [3.05, 3.63) is 53.3 Å². The summed E-state index contributed by atoms with van der Waals surface area (Å²) in [6.45, 7) is 0. The Morgan fingerprint density at radius 3 is 2.53 bits per heavy atom.